The molecule has 0 atom stereocenters. The SMILES string of the molecule is CCc1nnc(NS(=O)(=O)CC#N)nc1CC. The maximum atomic E-state index is 11.3. The van der Waals surface area contributed by atoms with Crippen molar-refractivity contribution in [3.63, 3.8) is 0 Å². The predicted molar refractivity (Wildman–Crippen MR) is 61.6 cm³/mol. The first-order valence-corrected chi connectivity index (χ1v) is 6.77. The van der Waals surface area contributed by atoms with Crippen molar-refractivity contribution in [2.24, 2.45) is 0 Å². The average molecular weight is 255 g/mol. The molecule has 0 fully saturated rings. The third kappa shape index (κ3) is 3.64. The zero-order valence-electron chi connectivity index (χ0n) is 9.63. The molecule has 0 saturated heterocycles. The largest absolute Gasteiger partial charge is 0.256 e. The number of nitriles is 1. The van der Waals surface area contributed by atoms with E-state index in [-0.39, 0.29) is 5.95 Å². The van der Waals surface area contributed by atoms with Gasteiger partial charge in [-0.05, 0) is 12.8 Å². The van der Waals surface area contributed by atoms with Crippen molar-refractivity contribution >= 4 is 16.0 Å². The number of anilines is 1. The molecule has 1 heterocycles. The van der Waals surface area contributed by atoms with Gasteiger partial charge in [-0.25, -0.2) is 18.1 Å². The highest BCUT2D eigenvalue weighted by Crippen LogP contribution is 2.07. The van der Waals surface area contributed by atoms with Gasteiger partial charge in [0.15, 0.2) is 5.75 Å². The van der Waals surface area contributed by atoms with E-state index >= 15 is 0 Å². The van der Waals surface area contributed by atoms with Crippen LogP contribution >= 0.6 is 0 Å². The monoisotopic (exact) mass is 255 g/mol. The fourth-order valence-electron chi connectivity index (χ4n) is 1.24. The molecule has 8 heteroatoms. The zero-order valence-corrected chi connectivity index (χ0v) is 10.5. The van der Waals surface area contributed by atoms with Gasteiger partial charge >= 0.3 is 0 Å². The summed E-state index contributed by atoms with van der Waals surface area (Å²) >= 11 is 0. The Morgan fingerprint density at radius 2 is 1.88 bits per heavy atom. The van der Waals surface area contributed by atoms with Gasteiger partial charge in [0.2, 0.25) is 10.0 Å². The number of nitrogens with one attached hydrogen (secondary N) is 1. The van der Waals surface area contributed by atoms with E-state index in [4.69, 9.17) is 5.26 Å². The molecule has 0 aromatic carbocycles. The molecule has 0 amide bonds. The van der Waals surface area contributed by atoms with Gasteiger partial charge < -0.3 is 0 Å². The highest BCUT2D eigenvalue weighted by atomic mass is 32.2. The minimum absolute atomic E-state index is 0.0886. The van der Waals surface area contributed by atoms with Crippen LogP contribution in [0.1, 0.15) is 25.2 Å². The summed E-state index contributed by atoms with van der Waals surface area (Å²) in [5, 5.41) is 15.9. The molecule has 0 spiro atoms. The third-order valence-corrected chi connectivity index (χ3v) is 3.01. The fraction of sp³-hybridized carbons (Fsp3) is 0.556. The van der Waals surface area contributed by atoms with Crippen molar-refractivity contribution in [3.8, 4) is 6.07 Å². The fourth-order valence-corrected chi connectivity index (χ4v) is 1.85. The molecular formula is C9H13N5O2S. The van der Waals surface area contributed by atoms with Crippen molar-refractivity contribution in [2.75, 3.05) is 10.5 Å². The lowest BCUT2D eigenvalue weighted by Gasteiger charge is -2.06. The van der Waals surface area contributed by atoms with Crippen LogP contribution in [0.25, 0.3) is 0 Å². The Morgan fingerprint density at radius 1 is 1.24 bits per heavy atom. The molecule has 0 unspecified atom stereocenters. The minimum Gasteiger partial charge on any atom is -0.249 e. The third-order valence-electron chi connectivity index (χ3n) is 2.01. The Balaban J connectivity index is 2.98. The van der Waals surface area contributed by atoms with E-state index in [1.165, 1.54) is 0 Å². The lowest BCUT2D eigenvalue weighted by atomic mass is 10.2. The Hall–Kier alpha value is -1.75. The van der Waals surface area contributed by atoms with E-state index in [9.17, 15) is 8.42 Å². The second kappa shape index (κ2) is 5.54. The summed E-state index contributed by atoms with van der Waals surface area (Å²) in [6.07, 6.45) is 1.33. The Bertz CT molecular complexity index is 535. The van der Waals surface area contributed by atoms with E-state index in [0.717, 1.165) is 5.69 Å². The molecule has 17 heavy (non-hydrogen) atoms. The van der Waals surface area contributed by atoms with Gasteiger partial charge in [0.1, 0.15) is 0 Å². The minimum atomic E-state index is -3.71. The first-order valence-electron chi connectivity index (χ1n) is 5.12. The number of sulfonamides is 1. The number of hydrogen-bond acceptors (Lipinski definition) is 6. The molecule has 0 saturated carbocycles. The second-order valence-corrected chi connectivity index (χ2v) is 4.98. The molecule has 1 N–H and O–H groups in total. The Morgan fingerprint density at radius 3 is 2.41 bits per heavy atom. The molecular weight excluding hydrogens is 242 g/mol. The number of hydrogen-bond donors (Lipinski definition) is 1. The maximum absolute atomic E-state index is 11.3. The highest BCUT2D eigenvalue weighted by molar-refractivity contribution is 7.92. The van der Waals surface area contributed by atoms with Crippen LogP contribution in [0.3, 0.4) is 0 Å². The summed E-state index contributed by atoms with van der Waals surface area (Å²) in [5.74, 6) is -0.720. The molecule has 1 aromatic rings. The van der Waals surface area contributed by atoms with Crippen molar-refractivity contribution in [3.05, 3.63) is 11.4 Å². The number of aromatic nitrogens is 3. The standard InChI is InChI=1S/C9H13N5O2S/c1-3-7-8(4-2)12-13-9(11-7)14-17(15,16)6-5-10/h3-4,6H2,1-2H3,(H,11,13,14). The topological polar surface area (TPSA) is 109 Å². The lowest BCUT2D eigenvalue weighted by molar-refractivity contribution is 0.603. The molecule has 0 bridgehead atoms. The van der Waals surface area contributed by atoms with Crippen molar-refractivity contribution < 1.29 is 8.42 Å². The lowest BCUT2D eigenvalue weighted by Crippen LogP contribution is -2.19. The summed E-state index contributed by atoms with van der Waals surface area (Å²) in [6, 6.07) is 1.55. The summed E-state index contributed by atoms with van der Waals surface area (Å²) in [4.78, 5) is 4.06. The quantitative estimate of drug-likeness (QED) is 0.808. The number of rotatable bonds is 5. The first-order chi connectivity index (χ1) is 8.02. The van der Waals surface area contributed by atoms with Gasteiger partial charge in [-0.2, -0.15) is 5.26 Å². The van der Waals surface area contributed by atoms with Gasteiger partial charge in [-0.15, -0.1) is 10.2 Å². The van der Waals surface area contributed by atoms with Crippen LogP contribution in [0.2, 0.25) is 0 Å². The smallest absolute Gasteiger partial charge is 0.249 e. The van der Waals surface area contributed by atoms with Gasteiger partial charge in [-0.1, -0.05) is 13.8 Å². The molecule has 0 aliphatic heterocycles. The van der Waals surface area contributed by atoms with Crippen molar-refractivity contribution in [1.82, 2.24) is 15.2 Å². The maximum Gasteiger partial charge on any atom is 0.256 e. The molecule has 1 rings (SSSR count). The first kappa shape index (κ1) is 13.3. The van der Waals surface area contributed by atoms with Crippen molar-refractivity contribution in [2.45, 2.75) is 26.7 Å². The summed E-state index contributed by atoms with van der Waals surface area (Å²) in [6.45, 7) is 3.82. The second-order valence-electron chi connectivity index (χ2n) is 3.26. The van der Waals surface area contributed by atoms with E-state index in [0.29, 0.717) is 18.5 Å². The van der Waals surface area contributed by atoms with Crippen molar-refractivity contribution in [1.29, 1.82) is 5.26 Å². The zero-order chi connectivity index (χ0) is 12.9. The highest BCUT2D eigenvalue weighted by Gasteiger charge is 2.13. The van der Waals surface area contributed by atoms with Crippen LogP contribution in [-0.2, 0) is 22.9 Å². The predicted octanol–water partition coefficient (Wildman–Crippen LogP) is 0.262. The van der Waals surface area contributed by atoms with E-state index in [1.54, 1.807) is 6.07 Å². The van der Waals surface area contributed by atoms with Crippen LogP contribution in [-0.4, -0.2) is 29.4 Å². The average Bonchev–Trinajstić information content (AvgIpc) is 2.28. The molecule has 7 nitrogen and oxygen atoms in total. The van der Waals surface area contributed by atoms with E-state index in [1.807, 2.05) is 13.8 Å². The van der Waals surface area contributed by atoms with Crippen LogP contribution in [0.15, 0.2) is 0 Å². The molecule has 92 valence electrons. The van der Waals surface area contributed by atoms with Gasteiger partial charge in [0.25, 0.3) is 5.95 Å². The Kier molecular flexibility index (Phi) is 4.34. The number of aryl methyl sites for hydroxylation is 2. The van der Waals surface area contributed by atoms with Gasteiger partial charge in [0, 0.05) is 0 Å². The number of nitrogens with zero attached hydrogens (tertiary/aromatic N) is 4. The van der Waals surface area contributed by atoms with Crippen LogP contribution in [0.5, 0.6) is 0 Å². The van der Waals surface area contributed by atoms with E-state index < -0.39 is 15.8 Å². The van der Waals surface area contributed by atoms with E-state index in [2.05, 4.69) is 19.9 Å². The Labute approximate surface area is 100.0 Å². The summed E-state index contributed by atoms with van der Waals surface area (Å²) in [5.41, 5.74) is 1.45. The summed E-state index contributed by atoms with van der Waals surface area (Å²) in [7, 11) is -3.71. The molecule has 0 aliphatic carbocycles. The van der Waals surface area contributed by atoms with Gasteiger partial charge in [0.05, 0.1) is 17.5 Å². The molecule has 1 aromatic heterocycles. The van der Waals surface area contributed by atoms with Crippen LogP contribution in [0, 0.1) is 11.3 Å². The van der Waals surface area contributed by atoms with Crippen LogP contribution < -0.4 is 4.72 Å². The normalized spacial score (nSPS) is 10.9. The summed E-state index contributed by atoms with van der Waals surface area (Å²) < 4.78 is 24.7. The molecule has 0 radical (unpaired) electrons. The van der Waals surface area contributed by atoms with Crippen LogP contribution in [0.4, 0.5) is 5.95 Å². The van der Waals surface area contributed by atoms with Gasteiger partial charge in [-0.3, -0.25) is 0 Å². The molecule has 0 aliphatic rings.